The van der Waals surface area contributed by atoms with E-state index in [2.05, 4.69) is 24.1 Å². The molecular formula is C13H28N2O2. The second-order valence-electron chi connectivity index (χ2n) is 5.41. The minimum atomic E-state index is -0.113. The van der Waals surface area contributed by atoms with Crippen molar-refractivity contribution in [3.05, 3.63) is 0 Å². The van der Waals surface area contributed by atoms with Gasteiger partial charge in [-0.05, 0) is 40.3 Å². The van der Waals surface area contributed by atoms with Crippen molar-refractivity contribution >= 4 is 0 Å². The fourth-order valence-corrected chi connectivity index (χ4v) is 2.23. The molecule has 0 aromatic carbocycles. The molecule has 2 unspecified atom stereocenters. The van der Waals surface area contributed by atoms with Crippen LogP contribution in [-0.4, -0.2) is 61.5 Å². The van der Waals surface area contributed by atoms with Gasteiger partial charge in [-0.15, -0.1) is 0 Å². The molecule has 1 heterocycles. The van der Waals surface area contributed by atoms with Crippen LogP contribution in [0.1, 0.15) is 33.1 Å². The summed E-state index contributed by atoms with van der Waals surface area (Å²) >= 11 is 0. The molecule has 1 aliphatic heterocycles. The second kappa shape index (κ2) is 7.31. The predicted octanol–water partition coefficient (Wildman–Crippen LogP) is 0.848. The third kappa shape index (κ3) is 5.34. The Labute approximate surface area is 105 Å². The summed E-state index contributed by atoms with van der Waals surface area (Å²) in [6.45, 7) is 8.56. The van der Waals surface area contributed by atoms with Gasteiger partial charge in [0.15, 0.2) is 0 Å². The highest BCUT2D eigenvalue weighted by molar-refractivity contribution is 4.80. The van der Waals surface area contributed by atoms with Gasteiger partial charge >= 0.3 is 0 Å². The Kier molecular flexibility index (Phi) is 6.41. The molecule has 2 atom stereocenters. The fraction of sp³-hybridized carbons (Fsp3) is 1.00. The van der Waals surface area contributed by atoms with Crippen molar-refractivity contribution in [1.82, 2.24) is 10.2 Å². The van der Waals surface area contributed by atoms with Crippen molar-refractivity contribution < 1.29 is 9.84 Å². The van der Waals surface area contributed by atoms with Crippen molar-refractivity contribution in [2.75, 3.05) is 39.9 Å². The highest BCUT2D eigenvalue weighted by Gasteiger charge is 2.20. The van der Waals surface area contributed by atoms with E-state index in [4.69, 9.17) is 4.74 Å². The highest BCUT2D eigenvalue weighted by atomic mass is 16.5. The molecule has 0 aromatic rings. The van der Waals surface area contributed by atoms with Crippen LogP contribution in [0.4, 0.5) is 0 Å². The van der Waals surface area contributed by atoms with Gasteiger partial charge in [0.1, 0.15) is 0 Å². The van der Waals surface area contributed by atoms with E-state index in [0.29, 0.717) is 6.10 Å². The van der Waals surface area contributed by atoms with Crippen molar-refractivity contribution in [2.24, 2.45) is 0 Å². The summed E-state index contributed by atoms with van der Waals surface area (Å²) in [4.78, 5) is 2.48. The number of rotatable bonds is 7. The lowest BCUT2D eigenvalue weighted by molar-refractivity contribution is -0.0187. The molecule has 4 nitrogen and oxygen atoms in total. The number of ether oxygens (including phenoxy) is 1. The molecule has 0 bridgehead atoms. The molecule has 0 radical (unpaired) electrons. The van der Waals surface area contributed by atoms with Gasteiger partial charge in [-0.3, -0.25) is 4.90 Å². The summed E-state index contributed by atoms with van der Waals surface area (Å²) in [6, 6.07) is 0. The van der Waals surface area contributed by atoms with E-state index in [9.17, 15) is 5.11 Å². The van der Waals surface area contributed by atoms with Crippen LogP contribution in [0.2, 0.25) is 0 Å². The molecule has 1 rings (SSSR count). The van der Waals surface area contributed by atoms with Crippen molar-refractivity contribution in [1.29, 1.82) is 0 Å². The number of unbranched alkanes of at least 4 members (excludes halogenated alkanes) is 1. The fourth-order valence-electron chi connectivity index (χ4n) is 2.23. The number of aliphatic hydroxyl groups excluding tert-OH is 1. The molecule has 0 aromatic heterocycles. The van der Waals surface area contributed by atoms with Crippen LogP contribution in [0.25, 0.3) is 0 Å². The first-order valence-corrected chi connectivity index (χ1v) is 6.73. The predicted molar refractivity (Wildman–Crippen MR) is 70.3 cm³/mol. The lowest BCUT2D eigenvalue weighted by Gasteiger charge is -2.31. The van der Waals surface area contributed by atoms with E-state index in [1.165, 1.54) is 6.42 Å². The Morgan fingerprint density at radius 3 is 2.82 bits per heavy atom. The number of aliphatic hydroxyl groups is 1. The maximum absolute atomic E-state index is 9.28. The first-order valence-electron chi connectivity index (χ1n) is 6.73. The van der Waals surface area contributed by atoms with Gasteiger partial charge in [0.25, 0.3) is 0 Å². The second-order valence-corrected chi connectivity index (χ2v) is 5.41. The summed E-state index contributed by atoms with van der Waals surface area (Å²) in [7, 11) is 1.92. The molecular weight excluding hydrogens is 216 g/mol. The van der Waals surface area contributed by atoms with Crippen LogP contribution in [0, 0.1) is 0 Å². The Morgan fingerprint density at radius 1 is 1.47 bits per heavy atom. The summed E-state index contributed by atoms with van der Waals surface area (Å²) in [6.07, 6.45) is 3.76. The van der Waals surface area contributed by atoms with E-state index in [0.717, 1.165) is 39.1 Å². The molecule has 0 amide bonds. The van der Waals surface area contributed by atoms with E-state index in [1.54, 1.807) is 0 Å². The van der Waals surface area contributed by atoms with Crippen LogP contribution in [0.5, 0.6) is 0 Å². The number of morpholine rings is 1. The molecule has 1 fully saturated rings. The number of nitrogens with one attached hydrogen (secondary N) is 1. The molecule has 0 saturated carbocycles. The van der Waals surface area contributed by atoms with Crippen LogP contribution in [0.15, 0.2) is 0 Å². The zero-order chi connectivity index (χ0) is 12.7. The number of likely N-dealkylation sites (N-methyl/N-ethyl adjacent to an activating group) is 1. The molecule has 102 valence electrons. The third-order valence-electron chi connectivity index (χ3n) is 3.73. The summed E-state index contributed by atoms with van der Waals surface area (Å²) in [5, 5.41) is 12.5. The first-order chi connectivity index (χ1) is 8.09. The van der Waals surface area contributed by atoms with Gasteiger partial charge in [-0.1, -0.05) is 6.42 Å². The van der Waals surface area contributed by atoms with Gasteiger partial charge in [0.05, 0.1) is 19.3 Å². The minimum Gasteiger partial charge on any atom is -0.394 e. The average molecular weight is 244 g/mol. The average Bonchev–Trinajstić information content (AvgIpc) is 2.34. The quantitative estimate of drug-likeness (QED) is 0.652. The normalized spacial score (nSPS) is 25.8. The van der Waals surface area contributed by atoms with Crippen molar-refractivity contribution in [3.8, 4) is 0 Å². The van der Waals surface area contributed by atoms with Crippen molar-refractivity contribution in [2.45, 2.75) is 44.8 Å². The van der Waals surface area contributed by atoms with E-state index in [-0.39, 0.29) is 12.1 Å². The third-order valence-corrected chi connectivity index (χ3v) is 3.73. The summed E-state index contributed by atoms with van der Waals surface area (Å²) in [5.41, 5.74) is -0.113. The highest BCUT2D eigenvalue weighted by Crippen LogP contribution is 2.13. The lowest BCUT2D eigenvalue weighted by atomic mass is 9.96. The largest absolute Gasteiger partial charge is 0.394 e. The van der Waals surface area contributed by atoms with E-state index in [1.807, 2.05) is 7.05 Å². The molecule has 4 heteroatoms. The van der Waals surface area contributed by atoms with E-state index < -0.39 is 0 Å². The summed E-state index contributed by atoms with van der Waals surface area (Å²) in [5.74, 6) is 0. The zero-order valence-corrected chi connectivity index (χ0v) is 11.5. The monoisotopic (exact) mass is 244 g/mol. The zero-order valence-electron chi connectivity index (χ0n) is 11.5. The van der Waals surface area contributed by atoms with Crippen molar-refractivity contribution in [3.63, 3.8) is 0 Å². The molecule has 1 aliphatic rings. The molecule has 0 spiro atoms. The maximum Gasteiger partial charge on any atom is 0.0674 e. The molecule has 2 N–H and O–H groups in total. The Balaban J connectivity index is 2.11. The number of hydrogen-bond donors (Lipinski definition) is 2. The number of hydrogen-bond acceptors (Lipinski definition) is 4. The molecule has 17 heavy (non-hydrogen) atoms. The Hall–Kier alpha value is -0.160. The first kappa shape index (κ1) is 14.9. The minimum absolute atomic E-state index is 0.113. The van der Waals surface area contributed by atoms with E-state index >= 15 is 0 Å². The van der Waals surface area contributed by atoms with Gasteiger partial charge in [-0.25, -0.2) is 0 Å². The smallest absolute Gasteiger partial charge is 0.0674 e. The molecule has 0 aliphatic carbocycles. The topological polar surface area (TPSA) is 44.7 Å². The van der Waals surface area contributed by atoms with Gasteiger partial charge in [-0.2, -0.15) is 0 Å². The lowest BCUT2D eigenvalue weighted by Crippen LogP contribution is -2.44. The Morgan fingerprint density at radius 2 is 2.24 bits per heavy atom. The molecule has 1 saturated heterocycles. The van der Waals surface area contributed by atoms with Gasteiger partial charge < -0.3 is 15.2 Å². The number of nitrogens with zero attached hydrogens (tertiary/aromatic N) is 1. The van der Waals surface area contributed by atoms with Gasteiger partial charge in [0, 0.05) is 18.6 Å². The summed E-state index contributed by atoms with van der Waals surface area (Å²) < 4.78 is 5.52. The SMILES string of the molecule is CNC(C)(CO)CCCCN1CCOC(C)C1. The standard InChI is InChI=1S/C13H28N2O2/c1-12-10-15(8-9-17-12)7-5-4-6-13(2,11-16)14-3/h12,14,16H,4-11H2,1-3H3. The van der Waals surface area contributed by atoms with Crippen LogP contribution < -0.4 is 5.32 Å². The van der Waals surface area contributed by atoms with Crippen LogP contribution in [-0.2, 0) is 4.74 Å². The van der Waals surface area contributed by atoms with Crippen LogP contribution >= 0.6 is 0 Å². The van der Waals surface area contributed by atoms with Gasteiger partial charge in [0.2, 0.25) is 0 Å². The van der Waals surface area contributed by atoms with Crippen LogP contribution in [0.3, 0.4) is 0 Å². The maximum atomic E-state index is 9.28. The Bertz CT molecular complexity index is 208.